The zero-order chi connectivity index (χ0) is 18.2. The van der Waals surface area contributed by atoms with Gasteiger partial charge in [-0.15, -0.1) is 0 Å². The number of carbonyl (C=O) groups excluding carboxylic acids is 1. The molecule has 2 N–H and O–H groups in total. The van der Waals surface area contributed by atoms with Crippen molar-refractivity contribution in [1.82, 2.24) is 10.6 Å². The quantitative estimate of drug-likeness (QED) is 0.757. The normalized spacial score (nSPS) is 10.2. The lowest BCUT2D eigenvalue weighted by Gasteiger charge is -2.13. The van der Waals surface area contributed by atoms with Crippen LogP contribution in [-0.4, -0.2) is 26.3 Å². The summed E-state index contributed by atoms with van der Waals surface area (Å²) in [5.41, 5.74) is 4.48. The highest BCUT2D eigenvalue weighted by Crippen LogP contribution is 2.22. The number of ether oxygens (including phenoxy) is 2. The smallest absolute Gasteiger partial charge is 0.315 e. The van der Waals surface area contributed by atoms with E-state index in [1.807, 2.05) is 37.3 Å². The molecule has 25 heavy (non-hydrogen) atoms. The SMILES string of the molecule is COc1ccccc1CNC(=O)NCCOc1cc(C)c(C)cc1C. The van der Waals surface area contributed by atoms with Gasteiger partial charge < -0.3 is 20.1 Å². The van der Waals surface area contributed by atoms with Gasteiger partial charge >= 0.3 is 6.03 Å². The van der Waals surface area contributed by atoms with E-state index in [1.54, 1.807) is 7.11 Å². The van der Waals surface area contributed by atoms with Crippen molar-refractivity contribution >= 4 is 6.03 Å². The lowest BCUT2D eigenvalue weighted by Crippen LogP contribution is -2.37. The van der Waals surface area contributed by atoms with Gasteiger partial charge in [-0.25, -0.2) is 4.79 Å². The standard InChI is InChI=1S/C20H26N2O3/c1-14-11-16(3)19(12-15(14)2)25-10-9-21-20(23)22-13-17-7-5-6-8-18(17)24-4/h5-8,11-12H,9-10,13H2,1-4H3,(H2,21,22,23). The van der Waals surface area contributed by atoms with Crippen LogP contribution in [0.25, 0.3) is 0 Å². The molecule has 0 atom stereocenters. The van der Waals surface area contributed by atoms with Crippen LogP contribution >= 0.6 is 0 Å². The minimum Gasteiger partial charge on any atom is -0.496 e. The monoisotopic (exact) mass is 342 g/mol. The molecule has 0 saturated heterocycles. The van der Waals surface area contributed by atoms with Gasteiger partial charge in [0.25, 0.3) is 0 Å². The third-order valence-corrected chi connectivity index (χ3v) is 4.07. The fourth-order valence-electron chi connectivity index (χ4n) is 2.50. The number of rotatable bonds is 7. The largest absolute Gasteiger partial charge is 0.496 e. The van der Waals surface area contributed by atoms with Crippen LogP contribution in [0.5, 0.6) is 11.5 Å². The van der Waals surface area contributed by atoms with E-state index >= 15 is 0 Å². The summed E-state index contributed by atoms with van der Waals surface area (Å²) in [4.78, 5) is 11.9. The van der Waals surface area contributed by atoms with Gasteiger partial charge in [0.1, 0.15) is 18.1 Å². The lowest BCUT2D eigenvalue weighted by molar-refractivity contribution is 0.236. The molecule has 0 spiro atoms. The molecule has 0 aromatic heterocycles. The van der Waals surface area contributed by atoms with Gasteiger partial charge in [-0.2, -0.15) is 0 Å². The minimum atomic E-state index is -0.230. The first-order valence-corrected chi connectivity index (χ1v) is 8.35. The molecule has 0 aliphatic carbocycles. The van der Waals surface area contributed by atoms with E-state index in [0.717, 1.165) is 22.6 Å². The zero-order valence-electron chi connectivity index (χ0n) is 15.3. The molecular weight excluding hydrogens is 316 g/mol. The first-order valence-electron chi connectivity index (χ1n) is 8.35. The molecule has 0 fully saturated rings. The van der Waals surface area contributed by atoms with E-state index in [2.05, 4.69) is 30.5 Å². The molecule has 5 nitrogen and oxygen atoms in total. The molecule has 0 aliphatic heterocycles. The van der Waals surface area contributed by atoms with Crippen LogP contribution in [0.3, 0.4) is 0 Å². The van der Waals surface area contributed by atoms with Gasteiger partial charge in [0.05, 0.1) is 13.7 Å². The van der Waals surface area contributed by atoms with Crippen LogP contribution in [0.2, 0.25) is 0 Å². The van der Waals surface area contributed by atoms with Crippen LogP contribution < -0.4 is 20.1 Å². The molecule has 0 bridgehead atoms. The first-order chi connectivity index (χ1) is 12.0. The Morgan fingerprint density at radius 3 is 2.44 bits per heavy atom. The lowest BCUT2D eigenvalue weighted by atomic mass is 10.1. The Morgan fingerprint density at radius 2 is 1.68 bits per heavy atom. The van der Waals surface area contributed by atoms with Crippen molar-refractivity contribution in [2.45, 2.75) is 27.3 Å². The molecule has 0 heterocycles. The maximum Gasteiger partial charge on any atom is 0.315 e. The molecular formula is C20H26N2O3. The number of carbonyl (C=O) groups is 1. The van der Waals surface area contributed by atoms with Crippen molar-refractivity contribution in [3.63, 3.8) is 0 Å². The fourth-order valence-corrected chi connectivity index (χ4v) is 2.50. The summed E-state index contributed by atoms with van der Waals surface area (Å²) in [5.74, 6) is 1.62. The van der Waals surface area contributed by atoms with E-state index in [1.165, 1.54) is 11.1 Å². The highest BCUT2D eigenvalue weighted by Gasteiger charge is 2.06. The number of methoxy groups -OCH3 is 1. The predicted molar refractivity (Wildman–Crippen MR) is 99.4 cm³/mol. The van der Waals surface area contributed by atoms with E-state index < -0.39 is 0 Å². The average molecular weight is 342 g/mol. The molecule has 2 aromatic carbocycles. The van der Waals surface area contributed by atoms with Crippen molar-refractivity contribution < 1.29 is 14.3 Å². The number of benzene rings is 2. The van der Waals surface area contributed by atoms with E-state index in [9.17, 15) is 4.79 Å². The Labute approximate surface area is 149 Å². The first kappa shape index (κ1) is 18.6. The topological polar surface area (TPSA) is 59.6 Å². The second kappa shape index (κ2) is 8.97. The molecule has 2 amide bonds. The van der Waals surface area contributed by atoms with Gasteiger partial charge in [-0.1, -0.05) is 24.3 Å². The van der Waals surface area contributed by atoms with Gasteiger partial charge in [-0.3, -0.25) is 0 Å². The third kappa shape index (κ3) is 5.41. The van der Waals surface area contributed by atoms with Crippen LogP contribution in [0, 0.1) is 20.8 Å². The van der Waals surface area contributed by atoms with Crippen LogP contribution in [0.1, 0.15) is 22.3 Å². The molecule has 0 saturated carbocycles. The summed E-state index contributed by atoms with van der Waals surface area (Å²) < 4.78 is 11.0. The van der Waals surface area contributed by atoms with Gasteiger partial charge in [0.15, 0.2) is 0 Å². The number of nitrogens with one attached hydrogen (secondary N) is 2. The van der Waals surface area contributed by atoms with Crippen molar-refractivity contribution in [1.29, 1.82) is 0 Å². The highest BCUT2D eigenvalue weighted by molar-refractivity contribution is 5.73. The molecule has 134 valence electrons. The summed E-state index contributed by atoms with van der Waals surface area (Å²) in [6.07, 6.45) is 0. The number of aryl methyl sites for hydroxylation is 3. The number of hydrogen-bond donors (Lipinski definition) is 2. The molecule has 0 aliphatic rings. The van der Waals surface area contributed by atoms with Crippen molar-refractivity contribution in [3.8, 4) is 11.5 Å². The second-order valence-corrected chi connectivity index (χ2v) is 5.97. The summed E-state index contributed by atoms with van der Waals surface area (Å²) in [7, 11) is 1.62. The zero-order valence-corrected chi connectivity index (χ0v) is 15.3. The summed E-state index contributed by atoms with van der Waals surface area (Å²) in [5, 5.41) is 5.60. The van der Waals surface area contributed by atoms with Gasteiger partial charge in [0, 0.05) is 12.1 Å². The minimum absolute atomic E-state index is 0.230. The number of hydrogen-bond acceptors (Lipinski definition) is 3. The Hall–Kier alpha value is -2.69. The Morgan fingerprint density at radius 1 is 0.960 bits per heavy atom. The molecule has 2 aromatic rings. The maximum absolute atomic E-state index is 11.9. The summed E-state index contributed by atoms with van der Waals surface area (Å²) in [6, 6.07) is 11.5. The maximum atomic E-state index is 11.9. The molecule has 2 rings (SSSR count). The number of amides is 2. The molecule has 0 unspecified atom stereocenters. The Balaban J connectivity index is 1.73. The van der Waals surface area contributed by atoms with Gasteiger partial charge in [0.2, 0.25) is 0 Å². The van der Waals surface area contributed by atoms with Crippen LogP contribution in [0.4, 0.5) is 4.79 Å². The summed E-state index contributed by atoms with van der Waals surface area (Å²) in [6.45, 7) is 7.43. The van der Waals surface area contributed by atoms with Crippen molar-refractivity contribution in [3.05, 3.63) is 58.7 Å². The average Bonchev–Trinajstić information content (AvgIpc) is 2.61. The molecule has 5 heteroatoms. The fraction of sp³-hybridized carbons (Fsp3) is 0.350. The van der Waals surface area contributed by atoms with E-state index in [-0.39, 0.29) is 6.03 Å². The van der Waals surface area contributed by atoms with Crippen LogP contribution in [0.15, 0.2) is 36.4 Å². The second-order valence-electron chi connectivity index (χ2n) is 5.97. The number of urea groups is 1. The van der Waals surface area contributed by atoms with Crippen molar-refractivity contribution in [2.24, 2.45) is 0 Å². The summed E-state index contributed by atoms with van der Waals surface area (Å²) >= 11 is 0. The predicted octanol–water partition coefficient (Wildman–Crippen LogP) is 3.50. The Bertz CT molecular complexity index is 729. The Kier molecular flexibility index (Phi) is 6.69. The molecule has 0 radical (unpaired) electrons. The van der Waals surface area contributed by atoms with E-state index in [0.29, 0.717) is 19.7 Å². The van der Waals surface area contributed by atoms with Crippen LogP contribution in [-0.2, 0) is 6.54 Å². The third-order valence-electron chi connectivity index (χ3n) is 4.07. The van der Waals surface area contributed by atoms with E-state index in [4.69, 9.17) is 9.47 Å². The highest BCUT2D eigenvalue weighted by atomic mass is 16.5. The van der Waals surface area contributed by atoms with Crippen molar-refractivity contribution in [2.75, 3.05) is 20.3 Å². The van der Waals surface area contributed by atoms with Gasteiger partial charge in [-0.05, 0) is 49.6 Å². The number of para-hydroxylation sites is 1.